The molecule has 0 unspecified atom stereocenters. The maximum absolute atomic E-state index is 12.4. The molecule has 16 heavy (non-hydrogen) atoms. The predicted octanol–water partition coefficient (Wildman–Crippen LogP) is 3.06. The molecule has 0 heterocycles. The number of hydrogen-bond acceptors (Lipinski definition) is 1. The van der Waals surface area contributed by atoms with Crippen LogP contribution in [0.15, 0.2) is 30.3 Å². The van der Waals surface area contributed by atoms with Gasteiger partial charge in [-0.1, -0.05) is 36.4 Å². The third kappa shape index (κ3) is 3.81. The SMILES string of the molecule is N#CCC/C=C\c1cccc([B-](F)(F)F)c1. The fourth-order valence-electron chi connectivity index (χ4n) is 1.23. The van der Waals surface area contributed by atoms with Crippen LogP contribution in [0.4, 0.5) is 12.9 Å². The summed E-state index contributed by atoms with van der Waals surface area (Å²) in [6, 6.07) is 7.13. The molecule has 1 rings (SSSR count). The van der Waals surface area contributed by atoms with Gasteiger partial charge in [-0.05, 0) is 12.0 Å². The number of halogens is 3. The Hall–Kier alpha value is -1.70. The Labute approximate surface area is 92.3 Å². The molecule has 0 N–H and O–H groups in total. The van der Waals surface area contributed by atoms with E-state index in [9.17, 15) is 12.9 Å². The van der Waals surface area contributed by atoms with Crippen molar-refractivity contribution in [1.29, 1.82) is 5.26 Å². The highest BCUT2D eigenvalue weighted by molar-refractivity contribution is 6.73. The first kappa shape index (κ1) is 12.4. The molecule has 0 saturated carbocycles. The van der Waals surface area contributed by atoms with E-state index in [1.807, 2.05) is 6.07 Å². The summed E-state index contributed by atoms with van der Waals surface area (Å²) in [5.41, 5.74) is -0.0860. The first-order valence-electron chi connectivity index (χ1n) is 4.87. The van der Waals surface area contributed by atoms with E-state index in [-0.39, 0.29) is 0 Å². The summed E-state index contributed by atoms with van der Waals surface area (Å²) in [7, 11) is 0. The Morgan fingerprint density at radius 1 is 1.31 bits per heavy atom. The monoisotopic (exact) mass is 224 g/mol. The van der Waals surface area contributed by atoms with Gasteiger partial charge in [0.2, 0.25) is 0 Å². The van der Waals surface area contributed by atoms with Gasteiger partial charge < -0.3 is 12.9 Å². The van der Waals surface area contributed by atoms with Crippen LogP contribution in [0, 0.1) is 11.3 Å². The van der Waals surface area contributed by atoms with Crippen molar-refractivity contribution in [2.45, 2.75) is 12.8 Å². The Bertz CT molecular complexity index is 418. The molecule has 0 aliphatic carbocycles. The van der Waals surface area contributed by atoms with E-state index in [1.165, 1.54) is 6.07 Å². The van der Waals surface area contributed by atoms with E-state index in [2.05, 4.69) is 0 Å². The van der Waals surface area contributed by atoms with Crippen LogP contribution in [0.1, 0.15) is 18.4 Å². The summed E-state index contributed by atoms with van der Waals surface area (Å²) >= 11 is 0. The van der Waals surface area contributed by atoms with E-state index >= 15 is 0 Å². The molecule has 1 nitrogen and oxygen atoms in total. The molecule has 1 aromatic rings. The summed E-state index contributed by atoms with van der Waals surface area (Å²) in [5, 5.41) is 8.28. The lowest BCUT2D eigenvalue weighted by Gasteiger charge is -2.14. The zero-order valence-corrected chi connectivity index (χ0v) is 8.54. The van der Waals surface area contributed by atoms with Crippen LogP contribution in [0.3, 0.4) is 0 Å². The standard InChI is InChI=1S/C11H10BF3N/c13-12(14,15)11-7-4-6-10(9-11)5-2-1-3-8-16/h2,4-7,9H,1,3H2/q-1/b5-2-. The van der Waals surface area contributed by atoms with Gasteiger partial charge in [0.25, 0.3) is 0 Å². The second-order valence-electron chi connectivity index (χ2n) is 3.34. The van der Waals surface area contributed by atoms with Crippen LogP contribution >= 0.6 is 0 Å². The molecule has 84 valence electrons. The highest BCUT2D eigenvalue weighted by Gasteiger charge is 2.24. The molecule has 0 bridgehead atoms. The van der Waals surface area contributed by atoms with E-state index in [0.29, 0.717) is 18.4 Å². The van der Waals surface area contributed by atoms with Crippen LogP contribution in [-0.4, -0.2) is 6.98 Å². The highest BCUT2D eigenvalue weighted by atomic mass is 19.4. The normalized spacial score (nSPS) is 11.6. The number of allylic oxidation sites excluding steroid dienone is 1. The van der Waals surface area contributed by atoms with Crippen LogP contribution in [0.2, 0.25) is 0 Å². The fraction of sp³-hybridized carbons (Fsp3) is 0.182. The molecule has 0 aliphatic rings. The zero-order chi connectivity index (χ0) is 12.0. The molecule has 0 fully saturated rings. The van der Waals surface area contributed by atoms with Gasteiger partial charge in [0, 0.05) is 6.42 Å². The minimum Gasteiger partial charge on any atom is -0.445 e. The predicted molar refractivity (Wildman–Crippen MR) is 59.0 cm³/mol. The summed E-state index contributed by atoms with van der Waals surface area (Å²) in [5.74, 6) is 0. The lowest BCUT2D eigenvalue weighted by molar-refractivity contribution is 0.501. The molecule has 5 heteroatoms. The third-order valence-corrected chi connectivity index (χ3v) is 2.02. The molecule has 0 aromatic heterocycles. The molecule has 0 aliphatic heterocycles. The Balaban J connectivity index is 2.76. The van der Waals surface area contributed by atoms with E-state index < -0.39 is 12.4 Å². The number of unbranched alkanes of at least 4 members (excludes halogenated alkanes) is 1. The first-order valence-corrected chi connectivity index (χ1v) is 4.87. The summed E-state index contributed by atoms with van der Waals surface area (Å²) in [6.45, 7) is -4.94. The maximum Gasteiger partial charge on any atom is 0.509 e. The summed E-state index contributed by atoms with van der Waals surface area (Å²) in [6.07, 6.45) is 4.23. The van der Waals surface area contributed by atoms with Gasteiger partial charge >= 0.3 is 6.98 Å². The second kappa shape index (κ2) is 5.41. The lowest BCUT2D eigenvalue weighted by Crippen LogP contribution is -2.33. The van der Waals surface area contributed by atoms with Gasteiger partial charge in [-0.25, -0.2) is 0 Å². The zero-order valence-electron chi connectivity index (χ0n) is 8.54. The number of benzene rings is 1. The molecular formula is C11H10BF3N-. The fourth-order valence-corrected chi connectivity index (χ4v) is 1.23. The smallest absolute Gasteiger partial charge is 0.445 e. The van der Waals surface area contributed by atoms with Crippen molar-refractivity contribution < 1.29 is 12.9 Å². The molecule has 1 aromatic carbocycles. The molecule has 0 spiro atoms. The van der Waals surface area contributed by atoms with Crippen LogP contribution in [0.25, 0.3) is 6.08 Å². The Morgan fingerprint density at radius 2 is 2.06 bits per heavy atom. The summed E-state index contributed by atoms with van der Waals surface area (Å²) in [4.78, 5) is 0. The first-order chi connectivity index (χ1) is 7.54. The van der Waals surface area contributed by atoms with Crippen molar-refractivity contribution in [3.8, 4) is 6.07 Å². The summed E-state index contributed by atoms with van der Waals surface area (Å²) < 4.78 is 37.2. The lowest BCUT2D eigenvalue weighted by atomic mass is 9.79. The number of nitriles is 1. The number of nitrogens with zero attached hydrogens (tertiary/aromatic N) is 1. The molecule has 0 radical (unpaired) electrons. The van der Waals surface area contributed by atoms with E-state index in [0.717, 1.165) is 12.1 Å². The molecule has 0 saturated heterocycles. The highest BCUT2D eigenvalue weighted by Crippen LogP contribution is 2.11. The molecule has 0 amide bonds. The van der Waals surface area contributed by atoms with Gasteiger partial charge in [-0.15, -0.1) is 5.46 Å². The van der Waals surface area contributed by atoms with Gasteiger partial charge in [0.15, 0.2) is 0 Å². The molecular weight excluding hydrogens is 214 g/mol. The van der Waals surface area contributed by atoms with Crippen molar-refractivity contribution in [3.63, 3.8) is 0 Å². The second-order valence-corrected chi connectivity index (χ2v) is 3.34. The van der Waals surface area contributed by atoms with E-state index in [4.69, 9.17) is 5.26 Å². The average Bonchev–Trinajstić information content (AvgIpc) is 2.24. The van der Waals surface area contributed by atoms with Gasteiger partial charge in [0.1, 0.15) is 0 Å². The maximum atomic E-state index is 12.4. The van der Waals surface area contributed by atoms with Crippen molar-refractivity contribution in [2.24, 2.45) is 0 Å². The minimum absolute atomic E-state index is 0.374. The van der Waals surface area contributed by atoms with Crippen LogP contribution in [0.5, 0.6) is 0 Å². The minimum atomic E-state index is -4.94. The van der Waals surface area contributed by atoms with Crippen molar-refractivity contribution in [3.05, 3.63) is 35.9 Å². The third-order valence-electron chi connectivity index (χ3n) is 2.02. The van der Waals surface area contributed by atoms with Gasteiger partial charge in [0.05, 0.1) is 6.07 Å². The van der Waals surface area contributed by atoms with Crippen LogP contribution < -0.4 is 5.46 Å². The quantitative estimate of drug-likeness (QED) is 0.569. The van der Waals surface area contributed by atoms with Crippen LogP contribution in [-0.2, 0) is 0 Å². The van der Waals surface area contributed by atoms with E-state index in [1.54, 1.807) is 18.2 Å². The Morgan fingerprint density at radius 3 is 2.69 bits per heavy atom. The number of hydrogen-bond donors (Lipinski definition) is 0. The van der Waals surface area contributed by atoms with Crippen molar-refractivity contribution in [2.75, 3.05) is 0 Å². The number of rotatable bonds is 4. The van der Waals surface area contributed by atoms with Gasteiger partial charge in [-0.3, -0.25) is 0 Å². The molecule has 0 atom stereocenters. The Kier molecular flexibility index (Phi) is 4.18. The van der Waals surface area contributed by atoms with Crippen molar-refractivity contribution in [1.82, 2.24) is 0 Å². The average molecular weight is 224 g/mol. The topological polar surface area (TPSA) is 23.8 Å². The van der Waals surface area contributed by atoms with Crippen molar-refractivity contribution >= 4 is 18.5 Å². The van der Waals surface area contributed by atoms with Gasteiger partial charge in [-0.2, -0.15) is 5.26 Å². The largest absolute Gasteiger partial charge is 0.509 e.